The fraction of sp³-hybridized carbons (Fsp3) is 0.417. The summed E-state index contributed by atoms with van der Waals surface area (Å²) in [6.45, 7) is 3.39. The first-order valence-electron chi connectivity index (χ1n) is 5.21. The van der Waals surface area contributed by atoms with E-state index in [0.29, 0.717) is 12.2 Å². The van der Waals surface area contributed by atoms with Crippen LogP contribution < -0.4 is 5.32 Å². The van der Waals surface area contributed by atoms with Crippen LogP contribution in [0, 0.1) is 6.92 Å². The van der Waals surface area contributed by atoms with Crippen molar-refractivity contribution < 1.29 is 9.53 Å². The minimum atomic E-state index is -0.00880. The van der Waals surface area contributed by atoms with E-state index in [1.807, 2.05) is 31.2 Å². The highest BCUT2D eigenvalue weighted by molar-refractivity contribution is 5.94. The molecule has 1 heterocycles. The highest BCUT2D eigenvalue weighted by atomic mass is 16.5. The molecule has 1 aromatic rings. The molecule has 1 unspecified atom stereocenters. The van der Waals surface area contributed by atoms with Crippen molar-refractivity contribution in [2.75, 3.05) is 13.2 Å². The van der Waals surface area contributed by atoms with Crippen molar-refractivity contribution in [2.24, 2.45) is 0 Å². The van der Waals surface area contributed by atoms with Crippen molar-refractivity contribution in [2.45, 2.75) is 19.4 Å². The third kappa shape index (κ3) is 2.57. The van der Waals surface area contributed by atoms with Crippen molar-refractivity contribution in [3.05, 3.63) is 35.4 Å². The van der Waals surface area contributed by atoms with Gasteiger partial charge in [-0.25, -0.2) is 0 Å². The maximum atomic E-state index is 11.7. The smallest absolute Gasteiger partial charge is 0.251 e. The van der Waals surface area contributed by atoms with Crippen molar-refractivity contribution in [1.29, 1.82) is 0 Å². The van der Waals surface area contributed by atoms with Crippen molar-refractivity contribution in [1.82, 2.24) is 5.32 Å². The van der Waals surface area contributed by atoms with Gasteiger partial charge in [-0.3, -0.25) is 4.79 Å². The van der Waals surface area contributed by atoms with Gasteiger partial charge in [0.1, 0.15) is 0 Å². The highest BCUT2D eigenvalue weighted by Crippen LogP contribution is 2.07. The number of hydrogen-bond acceptors (Lipinski definition) is 2. The van der Waals surface area contributed by atoms with Crippen LogP contribution in [-0.2, 0) is 4.74 Å². The van der Waals surface area contributed by atoms with E-state index in [1.54, 1.807) is 0 Å². The molecule has 1 amide bonds. The SMILES string of the molecule is Cc1ccc(C(=O)NC2CCOC2)cc1. The summed E-state index contributed by atoms with van der Waals surface area (Å²) in [6, 6.07) is 7.76. The maximum absolute atomic E-state index is 11.7. The lowest BCUT2D eigenvalue weighted by atomic mass is 10.1. The van der Waals surface area contributed by atoms with E-state index in [4.69, 9.17) is 4.74 Å². The molecule has 3 heteroatoms. The third-order valence-corrected chi connectivity index (χ3v) is 2.58. The zero-order valence-electron chi connectivity index (χ0n) is 8.82. The first kappa shape index (κ1) is 10.2. The van der Waals surface area contributed by atoms with Crippen LogP contribution in [0.25, 0.3) is 0 Å². The number of carbonyl (C=O) groups excluding carboxylic acids is 1. The van der Waals surface area contributed by atoms with Crippen LogP contribution in [0.1, 0.15) is 22.3 Å². The molecule has 1 aliphatic heterocycles. The van der Waals surface area contributed by atoms with Gasteiger partial charge in [0.25, 0.3) is 5.91 Å². The van der Waals surface area contributed by atoms with Gasteiger partial charge in [-0.1, -0.05) is 17.7 Å². The molecule has 2 rings (SSSR count). The second-order valence-electron chi connectivity index (χ2n) is 3.90. The van der Waals surface area contributed by atoms with Gasteiger partial charge < -0.3 is 10.1 Å². The second-order valence-corrected chi connectivity index (χ2v) is 3.90. The van der Waals surface area contributed by atoms with Crippen LogP contribution in [0.4, 0.5) is 0 Å². The summed E-state index contributed by atoms with van der Waals surface area (Å²) in [7, 11) is 0. The zero-order chi connectivity index (χ0) is 10.7. The van der Waals surface area contributed by atoms with Crippen molar-refractivity contribution in [3.8, 4) is 0 Å². The molecule has 1 aromatic carbocycles. The molecule has 1 N–H and O–H groups in total. The van der Waals surface area contributed by atoms with E-state index in [2.05, 4.69) is 5.32 Å². The zero-order valence-corrected chi connectivity index (χ0v) is 8.82. The summed E-state index contributed by atoms with van der Waals surface area (Å²) in [5, 5.41) is 2.95. The lowest BCUT2D eigenvalue weighted by Gasteiger charge is -2.10. The van der Waals surface area contributed by atoms with Gasteiger partial charge in [0, 0.05) is 12.2 Å². The Morgan fingerprint density at radius 1 is 1.40 bits per heavy atom. The number of nitrogens with one attached hydrogen (secondary N) is 1. The number of carbonyl (C=O) groups is 1. The summed E-state index contributed by atoms with van der Waals surface area (Å²) < 4.78 is 5.20. The summed E-state index contributed by atoms with van der Waals surface area (Å²) in [5.41, 5.74) is 1.88. The largest absolute Gasteiger partial charge is 0.379 e. The number of ether oxygens (including phenoxy) is 1. The minimum Gasteiger partial charge on any atom is -0.379 e. The van der Waals surface area contributed by atoms with E-state index < -0.39 is 0 Å². The summed E-state index contributed by atoms with van der Waals surface area (Å²) in [6.07, 6.45) is 0.914. The number of aryl methyl sites for hydroxylation is 1. The molecule has 0 radical (unpaired) electrons. The molecule has 0 bridgehead atoms. The second kappa shape index (κ2) is 4.45. The highest BCUT2D eigenvalue weighted by Gasteiger charge is 2.18. The quantitative estimate of drug-likeness (QED) is 0.794. The van der Waals surface area contributed by atoms with E-state index >= 15 is 0 Å². The number of benzene rings is 1. The molecule has 15 heavy (non-hydrogen) atoms. The lowest BCUT2D eigenvalue weighted by Crippen LogP contribution is -2.34. The Morgan fingerprint density at radius 2 is 2.13 bits per heavy atom. The van der Waals surface area contributed by atoms with E-state index in [0.717, 1.165) is 18.6 Å². The molecular weight excluding hydrogens is 190 g/mol. The first-order valence-corrected chi connectivity index (χ1v) is 5.21. The fourth-order valence-corrected chi connectivity index (χ4v) is 1.62. The molecule has 0 aromatic heterocycles. The van der Waals surface area contributed by atoms with E-state index in [1.165, 1.54) is 0 Å². The summed E-state index contributed by atoms with van der Waals surface area (Å²) in [4.78, 5) is 11.7. The van der Waals surface area contributed by atoms with Gasteiger partial charge in [0.05, 0.1) is 12.6 Å². The summed E-state index contributed by atoms with van der Waals surface area (Å²) in [5.74, 6) is -0.00880. The summed E-state index contributed by atoms with van der Waals surface area (Å²) >= 11 is 0. The Kier molecular flexibility index (Phi) is 3.02. The first-order chi connectivity index (χ1) is 7.25. The number of amides is 1. The topological polar surface area (TPSA) is 38.3 Å². The Labute approximate surface area is 89.4 Å². The van der Waals surface area contributed by atoms with Crippen LogP contribution in [0.3, 0.4) is 0 Å². The molecule has 1 aliphatic rings. The Bertz CT molecular complexity index is 339. The average Bonchev–Trinajstić information content (AvgIpc) is 2.71. The van der Waals surface area contributed by atoms with Gasteiger partial charge in [0.15, 0.2) is 0 Å². The minimum absolute atomic E-state index is 0.00880. The van der Waals surface area contributed by atoms with Gasteiger partial charge >= 0.3 is 0 Å². The normalized spacial score (nSPS) is 20.2. The Balaban J connectivity index is 1.98. The predicted octanol–water partition coefficient (Wildman–Crippen LogP) is 1.51. The molecule has 0 saturated carbocycles. The van der Waals surface area contributed by atoms with Gasteiger partial charge in [0.2, 0.25) is 0 Å². The van der Waals surface area contributed by atoms with Gasteiger partial charge in [-0.15, -0.1) is 0 Å². The Morgan fingerprint density at radius 3 is 2.73 bits per heavy atom. The van der Waals surface area contributed by atoms with Crippen molar-refractivity contribution in [3.63, 3.8) is 0 Å². The molecular formula is C12H15NO2. The predicted molar refractivity (Wildman–Crippen MR) is 57.9 cm³/mol. The molecule has 0 spiro atoms. The molecule has 80 valence electrons. The van der Waals surface area contributed by atoms with Gasteiger partial charge in [-0.05, 0) is 25.5 Å². The van der Waals surface area contributed by atoms with Crippen LogP contribution in [-0.4, -0.2) is 25.2 Å². The monoisotopic (exact) mass is 205 g/mol. The molecule has 1 atom stereocenters. The average molecular weight is 205 g/mol. The lowest BCUT2D eigenvalue weighted by molar-refractivity contribution is 0.0930. The van der Waals surface area contributed by atoms with Crippen LogP contribution in [0.5, 0.6) is 0 Å². The molecule has 1 fully saturated rings. The fourth-order valence-electron chi connectivity index (χ4n) is 1.62. The van der Waals surface area contributed by atoms with Crippen LogP contribution in [0.15, 0.2) is 24.3 Å². The molecule has 3 nitrogen and oxygen atoms in total. The Hall–Kier alpha value is -1.35. The van der Waals surface area contributed by atoms with Gasteiger partial charge in [-0.2, -0.15) is 0 Å². The van der Waals surface area contributed by atoms with Crippen molar-refractivity contribution >= 4 is 5.91 Å². The molecule has 0 aliphatic carbocycles. The maximum Gasteiger partial charge on any atom is 0.251 e. The van der Waals surface area contributed by atoms with E-state index in [9.17, 15) is 4.79 Å². The van der Waals surface area contributed by atoms with Crippen LogP contribution in [0.2, 0.25) is 0 Å². The molecule has 1 saturated heterocycles. The van der Waals surface area contributed by atoms with E-state index in [-0.39, 0.29) is 11.9 Å². The number of rotatable bonds is 2. The standard InChI is InChI=1S/C12H15NO2/c1-9-2-4-10(5-3-9)12(14)13-11-6-7-15-8-11/h2-5,11H,6-8H2,1H3,(H,13,14). The third-order valence-electron chi connectivity index (χ3n) is 2.58. The number of hydrogen-bond donors (Lipinski definition) is 1. The van der Waals surface area contributed by atoms with Crippen LogP contribution >= 0.6 is 0 Å².